The summed E-state index contributed by atoms with van der Waals surface area (Å²) in [6.07, 6.45) is 6.25. The Morgan fingerprint density at radius 3 is 2.73 bits per heavy atom. The van der Waals surface area contributed by atoms with Crippen LogP contribution in [-0.4, -0.2) is 47.5 Å². The van der Waals surface area contributed by atoms with Crippen molar-refractivity contribution in [3.63, 3.8) is 0 Å². The summed E-state index contributed by atoms with van der Waals surface area (Å²) in [6.45, 7) is 5.97. The molecule has 22 heavy (non-hydrogen) atoms. The van der Waals surface area contributed by atoms with Crippen molar-refractivity contribution in [2.45, 2.75) is 24.9 Å². The zero-order valence-corrected chi connectivity index (χ0v) is 13.8. The molecule has 0 atom stereocenters. The number of aryl methyl sites for hydroxylation is 1. The third-order valence-corrected chi connectivity index (χ3v) is 5.30. The highest BCUT2D eigenvalue weighted by molar-refractivity contribution is 7.98. The van der Waals surface area contributed by atoms with E-state index >= 15 is 0 Å². The molecule has 0 aliphatic carbocycles. The molecule has 0 aromatic carbocycles. The lowest BCUT2D eigenvalue weighted by molar-refractivity contribution is -0.000374. The molecule has 0 amide bonds. The van der Waals surface area contributed by atoms with E-state index in [1.165, 1.54) is 0 Å². The van der Waals surface area contributed by atoms with Crippen LogP contribution in [0.2, 0.25) is 0 Å². The van der Waals surface area contributed by atoms with Gasteiger partial charge in [-0.05, 0) is 32.1 Å². The first-order chi connectivity index (χ1) is 10.7. The van der Waals surface area contributed by atoms with Crippen molar-refractivity contribution in [2.24, 2.45) is 5.41 Å². The SMILES string of the molecule is CSc1ncc2cc(C)nc(N3CC4(CCOCC4)C3)c2n1. The number of anilines is 1. The summed E-state index contributed by atoms with van der Waals surface area (Å²) in [7, 11) is 0. The summed E-state index contributed by atoms with van der Waals surface area (Å²) in [6, 6.07) is 2.06. The van der Waals surface area contributed by atoms with E-state index in [9.17, 15) is 0 Å². The third-order valence-electron chi connectivity index (χ3n) is 4.74. The first kappa shape index (κ1) is 14.2. The summed E-state index contributed by atoms with van der Waals surface area (Å²) >= 11 is 1.57. The molecule has 116 valence electrons. The van der Waals surface area contributed by atoms with Crippen LogP contribution in [0.4, 0.5) is 5.82 Å². The monoisotopic (exact) mass is 316 g/mol. The molecule has 4 heterocycles. The molecule has 0 bridgehead atoms. The van der Waals surface area contributed by atoms with Gasteiger partial charge in [-0.1, -0.05) is 11.8 Å². The van der Waals surface area contributed by atoms with Crippen molar-refractivity contribution in [2.75, 3.05) is 37.5 Å². The van der Waals surface area contributed by atoms with E-state index in [2.05, 4.69) is 16.0 Å². The maximum atomic E-state index is 5.50. The van der Waals surface area contributed by atoms with E-state index in [1.807, 2.05) is 19.4 Å². The minimum absolute atomic E-state index is 0.436. The summed E-state index contributed by atoms with van der Waals surface area (Å²) in [5, 5.41) is 1.88. The molecule has 2 aliphatic heterocycles. The molecule has 0 saturated carbocycles. The molecule has 2 aromatic rings. The number of hydrogen-bond acceptors (Lipinski definition) is 6. The van der Waals surface area contributed by atoms with Gasteiger partial charge in [0.15, 0.2) is 11.0 Å². The quantitative estimate of drug-likeness (QED) is 0.627. The fourth-order valence-corrected chi connectivity index (χ4v) is 3.83. The molecule has 2 saturated heterocycles. The van der Waals surface area contributed by atoms with Crippen molar-refractivity contribution in [3.8, 4) is 0 Å². The van der Waals surface area contributed by atoms with Crippen LogP contribution >= 0.6 is 11.8 Å². The van der Waals surface area contributed by atoms with Gasteiger partial charge < -0.3 is 9.64 Å². The Balaban J connectivity index is 1.69. The maximum absolute atomic E-state index is 5.50. The topological polar surface area (TPSA) is 51.1 Å². The van der Waals surface area contributed by atoms with Gasteiger partial charge in [-0.2, -0.15) is 0 Å². The highest BCUT2D eigenvalue weighted by Gasteiger charge is 2.44. The summed E-state index contributed by atoms with van der Waals surface area (Å²) in [5.74, 6) is 1.02. The molecule has 5 nitrogen and oxygen atoms in total. The van der Waals surface area contributed by atoms with Crippen LogP contribution in [0, 0.1) is 12.3 Å². The van der Waals surface area contributed by atoms with Crippen LogP contribution in [0.25, 0.3) is 10.9 Å². The fourth-order valence-electron chi connectivity index (χ4n) is 3.49. The van der Waals surface area contributed by atoms with Gasteiger partial charge in [0, 0.05) is 49.0 Å². The van der Waals surface area contributed by atoms with E-state index < -0.39 is 0 Å². The standard InChI is InChI=1S/C16H20N4OS/c1-11-7-12-8-17-15(22-2)19-13(12)14(18-11)20-9-16(10-20)3-5-21-6-4-16/h7-8H,3-6,9-10H2,1-2H3. The smallest absolute Gasteiger partial charge is 0.187 e. The van der Waals surface area contributed by atoms with Gasteiger partial charge >= 0.3 is 0 Å². The number of hydrogen-bond donors (Lipinski definition) is 0. The Kier molecular flexibility index (Phi) is 3.46. The predicted molar refractivity (Wildman–Crippen MR) is 88.6 cm³/mol. The van der Waals surface area contributed by atoms with Gasteiger partial charge in [-0.25, -0.2) is 15.0 Å². The molecule has 0 N–H and O–H groups in total. The average Bonchev–Trinajstić information content (AvgIpc) is 2.52. The lowest BCUT2D eigenvalue weighted by Gasteiger charge is -2.52. The first-order valence-corrected chi connectivity index (χ1v) is 8.93. The normalized spacial score (nSPS) is 20.4. The van der Waals surface area contributed by atoms with Gasteiger partial charge in [0.2, 0.25) is 0 Å². The number of ether oxygens (including phenoxy) is 1. The van der Waals surface area contributed by atoms with E-state index in [1.54, 1.807) is 11.8 Å². The Morgan fingerprint density at radius 2 is 2.00 bits per heavy atom. The third kappa shape index (κ3) is 2.34. The summed E-state index contributed by atoms with van der Waals surface area (Å²) < 4.78 is 5.50. The predicted octanol–water partition coefficient (Wildman–Crippen LogP) is 2.67. The lowest BCUT2D eigenvalue weighted by atomic mass is 9.73. The number of thioether (sulfide) groups is 1. The van der Waals surface area contributed by atoms with E-state index in [0.29, 0.717) is 5.41 Å². The molecule has 6 heteroatoms. The maximum Gasteiger partial charge on any atom is 0.187 e. The van der Waals surface area contributed by atoms with E-state index in [0.717, 1.165) is 66.7 Å². The van der Waals surface area contributed by atoms with Crippen molar-refractivity contribution in [3.05, 3.63) is 18.0 Å². The van der Waals surface area contributed by atoms with E-state index in [4.69, 9.17) is 14.7 Å². The van der Waals surface area contributed by atoms with Gasteiger partial charge in [0.25, 0.3) is 0 Å². The molecule has 0 unspecified atom stereocenters. The van der Waals surface area contributed by atoms with Crippen molar-refractivity contribution >= 4 is 28.5 Å². The Hall–Kier alpha value is -1.40. The van der Waals surface area contributed by atoms with Gasteiger partial charge in [-0.3, -0.25) is 0 Å². The zero-order chi connectivity index (χ0) is 15.2. The van der Waals surface area contributed by atoms with Crippen molar-refractivity contribution in [1.82, 2.24) is 15.0 Å². The summed E-state index contributed by atoms with van der Waals surface area (Å²) in [4.78, 5) is 16.2. The van der Waals surface area contributed by atoms with Crippen molar-refractivity contribution < 1.29 is 4.74 Å². The Morgan fingerprint density at radius 1 is 1.23 bits per heavy atom. The zero-order valence-electron chi connectivity index (χ0n) is 13.0. The van der Waals surface area contributed by atoms with Gasteiger partial charge in [0.05, 0.1) is 0 Å². The van der Waals surface area contributed by atoms with E-state index in [-0.39, 0.29) is 0 Å². The second-order valence-electron chi connectivity index (χ2n) is 6.35. The second kappa shape index (κ2) is 5.35. The van der Waals surface area contributed by atoms with Crippen LogP contribution in [-0.2, 0) is 4.74 Å². The Bertz CT molecular complexity index is 707. The average molecular weight is 316 g/mol. The van der Waals surface area contributed by atoms with Crippen LogP contribution in [0.3, 0.4) is 0 Å². The molecule has 2 aromatic heterocycles. The number of rotatable bonds is 2. The van der Waals surface area contributed by atoms with Crippen LogP contribution in [0.1, 0.15) is 18.5 Å². The molecular formula is C16H20N4OS. The number of fused-ring (bicyclic) bond motifs is 1. The molecule has 1 spiro atoms. The minimum atomic E-state index is 0.436. The number of nitrogens with zero attached hydrogens (tertiary/aromatic N) is 4. The minimum Gasteiger partial charge on any atom is -0.381 e. The summed E-state index contributed by atoms with van der Waals surface area (Å²) in [5.41, 5.74) is 2.44. The van der Waals surface area contributed by atoms with Crippen LogP contribution in [0.15, 0.2) is 17.4 Å². The molecule has 4 rings (SSSR count). The van der Waals surface area contributed by atoms with Crippen LogP contribution < -0.4 is 4.90 Å². The highest BCUT2D eigenvalue weighted by Crippen LogP contribution is 2.43. The first-order valence-electron chi connectivity index (χ1n) is 7.70. The van der Waals surface area contributed by atoms with Gasteiger partial charge in [-0.15, -0.1) is 0 Å². The molecule has 2 aliphatic rings. The Labute approximate surface area is 134 Å². The molecular weight excluding hydrogens is 296 g/mol. The number of aromatic nitrogens is 3. The largest absolute Gasteiger partial charge is 0.381 e. The van der Waals surface area contributed by atoms with Gasteiger partial charge in [0.1, 0.15) is 5.52 Å². The highest BCUT2D eigenvalue weighted by atomic mass is 32.2. The molecule has 2 fully saturated rings. The van der Waals surface area contributed by atoms with Crippen molar-refractivity contribution in [1.29, 1.82) is 0 Å². The van der Waals surface area contributed by atoms with Crippen LogP contribution in [0.5, 0.6) is 0 Å². The number of pyridine rings is 1. The lowest BCUT2D eigenvalue weighted by Crippen LogP contribution is -2.59. The second-order valence-corrected chi connectivity index (χ2v) is 7.12. The fraction of sp³-hybridized carbons (Fsp3) is 0.562. The molecule has 0 radical (unpaired) electrons.